The Morgan fingerprint density at radius 1 is 1.00 bits per heavy atom. The predicted octanol–water partition coefficient (Wildman–Crippen LogP) is 3.81. The van der Waals surface area contributed by atoms with E-state index in [0.29, 0.717) is 30.7 Å². The van der Waals surface area contributed by atoms with Gasteiger partial charge in [-0.3, -0.25) is 19.4 Å². The largest absolute Gasteiger partial charge is 0.334 e. The summed E-state index contributed by atoms with van der Waals surface area (Å²) in [5.74, 6) is -1.08. The first-order valence-corrected chi connectivity index (χ1v) is 13.0. The molecule has 3 aromatic rings. The van der Waals surface area contributed by atoms with Gasteiger partial charge in [-0.15, -0.1) is 0 Å². The summed E-state index contributed by atoms with van der Waals surface area (Å²) in [6.07, 6.45) is 0. The summed E-state index contributed by atoms with van der Waals surface area (Å²) in [7, 11) is 1.90. The van der Waals surface area contributed by atoms with Crippen molar-refractivity contribution in [3.8, 4) is 0 Å². The maximum Gasteiger partial charge on any atom is 0.251 e. The number of amidine groups is 1. The Balaban J connectivity index is 1.41. The third-order valence-corrected chi connectivity index (χ3v) is 9.69. The Labute approximate surface area is 218 Å². The van der Waals surface area contributed by atoms with Crippen molar-refractivity contribution >= 4 is 40.1 Å². The van der Waals surface area contributed by atoms with Crippen LogP contribution in [0.1, 0.15) is 17.0 Å². The lowest BCUT2D eigenvalue weighted by Crippen LogP contribution is -2.62. The van der Waals surface area contributed by atoms with Crippen molar-refractivity contribution in [1.82, 2.24) is 9.80 Å². The smallest absolute Gasteiger partial charge is 0.251 e. The first-order chi connectivity index (χ1) is 18.0. The van der Waals surface area contributed by atoms with E-state index in [1.54, 1.807) is 17.0 Å². The molecule has 3 aromatic carbocycles. The predicted molar refractivity (Wildman–Crippen MR) is 142 cm³/mol. The molecular weight excluding hydrogens is 489 g/mol. The Kier molecular flexibility index (Phi) is 4.81. The van der Waals surface area contributed by atoms with Crippen LogP contribution in [-0.4, -0.2) is 58.5 Å². The van der Waals surface area contributed by atoms with Crippen LogP contribution in [0.5, 0.6) is 0 Å². The van der Waals surface area contributed by atoms with Crippen LogP contribution in [0.3, 0.4) is 0 Å². The number of hydrogen-bond acceptors (Lipinski definition) is 6. The summed E-state index contributed by atoms with van der Waals surface area (Å²) >= 11 is 1.39. The maximum atomic E-state index is 14.8. The van der Waals surface area contributed by atoms with Crippen LogP contribution in [-0.2, 0) is 15.1 Å². The molecule has 37 heavy (non-hydrogen) atoms. The maximum absolute atomic E-state index is 14.8. The van der Waals surface area contributed by atoms with Crippen molar-refractivity contribution in [3.63, 3.8) is 0 Å². The van der Waals surface area contributed by atoms with E-state index in [9.17, 15) is 14.0 Å². The van der Waals surface area contributed by atoms with Gasteiger partial charge in [0.15, 0.2) is 10.7 Å². The lowest BCUT2D eigenvalue weighted by Gasteiger charge is -2.41. The molecule has 4 aliphatic heterocycles. The number of rotatable bonds is 2. The van der Waals surface area contributed by atoms with Crippen molar-refractivity contribution in [2.75, 3.05) is 37.1 Å². The molecule has 2 fully saturated rings. The van der Waals surface area contributed by atoms with Gasteiger partial charge in [0.05, 0.1) is 0 Å². The summed E-state index contributed by atoms with van der Waals surface area (Å²) in [6.45, 7) is 1.21. The number of nitrogens with zero attached hydrogens (tertiary/aromatic N) is 4. The highest BCUT2D eigenvalue weighted by Crippen LogP contribution is 2.65. The van der Waals surface area contributed by atoms with Gasteiger partial charge in [-0.1, -0.05) is 60.3 Å². The zero-order chi connectivity index (χ0) is 25.4. The summed E-state index contributed by atoms with van der Waals surface area (Å²) in [5.41, 5.74) is 2.05. The van der Waals surface area contributed by atoms with Crippen LogP contribution in [0.15, 0.2) is 83.9 Å². The van der Waals surface area contributed by atoms with Crippen molar-refractivity contribution in [2.24, 2.45) is 4.99 Å². The molecule has 7 nitrogen and oxygen atoms in total. The Morgan fingerprint density at radius 3 is 2.51 bits per heavy atom. The number of para-hydroxylation sites is 2. The molecule has 2 spiro atoms. The van der Waals surface area contributed by atoms with E-state index >= 15 is 0 Å². The van der Waals surface area contributed by atoms with Gasteiger partial charge >= 0.3 is 0 Å². The minimum absolute atomic E-state index is 0.151. The zero-order valence-electron chi connectivity index (χ0n) is 20.1. The zero-order valence-corrected chi connectivity index (χ0v) is 20.9. The fourth-order valence-corrected chi connectivity index (χ4v) is 8.20. The minimum Gasteiger partial charge on any atom is -0.334 e. The first kappa shape index (κ1) is 22.5. The number of carbonyl (C=O) groups is 2. The topological polar surface area (TPSA) is 68.2 Å². The number of fused-ring (bicyclic) bond motifs is 4. The number of amides is 2. The van der Waals surface area contributed by atoms with E-state index in [-0.39, 0.29) is 23.5 Å². The lowest BCUT2D eigenvalue weighted by molar-refractivity contribution is -0.138. The summed E-state index contributed by atoms with van der Waals surface area (Å²) in [6, 6.07) is 23.8. The number of likely N-dealkylation sites (N-methyl/N-ethyl adjacent to an activating group) is 1. The number of hydrogen-bond donors (Lipinski definition) is 1. The highest BCUT2D eigenvalue weighted by molar-refractivity contribution is 8.16. The normalized spacial score (nSPS) is 28.6. The van der Waals surface area contributed by atoms with Crippen molar-refractivity contribution < 1.29 is 14.0 Å². The molecule has 0 saturated carbocycles. The van der Waals surface area contributed by atoms with E-state index in [4.69, 9.17) is 4.99 Å². The molecule has 3 unspecified atom stereocenters. The van der Waals surface area contributed by atoms with Crippen LogP contribution in [0.25, 0.3) is 0 Å². The number of carbonyl (C=O) groups excluding carboxylic acids is 2. The average Bonchev–Trinajstić information content (AvgIpc) is 3.49. The SMILES string of the molecule is CN1CC(c2ccc(F)cc2)C2(SC3=NCN(c4ccccc4)CN3C2=O)C12C(=O)Nc1ccccc12. The van der Waals surface area contributed by atoms with Crippen molar-refractivity contribution in [1.29, 1.82) is 0 Å². The highest BCUT2D eigenvalue weighted by Gasteiger charge is 2.78. The Hall–Kier alpha value is -3.69. The number of anilines is 2. The van der Waals surface area contributed by atoms with Gasteiger partial charge in [0.25, 0.3) is 5.91 Å². The third-order valence-electron chi connectivity index (χ3n) is 8.08. The molecule has 3 atom stereocenters. The van der Waals surface area contributed by atoms with E-state index in [1.165, 1.54) is 23.9 Å². The fraction of sp³-hybridized carbons (Fsp3) is 0.250. The van der Waals surface area contributed by atoms with E-state index in [1.807, 2.05) is 71.4 Å². The number of halogens is 1. The molecule has 9 heteroatoms. The quantitative estimate of drug-likeness (QED) is 0.565. The molecule has 4 heterocycles. The Bertz CT molecular complexity index is 1460. The fourth-order valence-electron chi connectivity index (χ4n) is 6.49. The van der Waals surface area contributed by atoms with E-state index < -0.39 is 10.3 Å². The average molecular weight is 514 g/mol. The summed E-state index contributed by atoms with van der Waals surface area (Å²) in [5, 5.41) is 3.68. The lowest BCUT2D eigenvalue weighted by atomic mass is 9.72. The van der Waals surface area contributed by atoms with Crippen molar-refractivity contribution in [3.05, 3.63) is 95.8 Å². The number of nitrogens with one attached hydrogen (secondary N) is 1. The number of aliphatic imine (C=N–C) groups is 1. The molecule has 0 radical (unpaired) electrons. The van der Waals surface area contributed by atoms with Crippen LogP contribution in [0.4, 0.5) is 15.8 Å². The molecular formula is C28H24FN5O2S. The molecule has 0 aromatic heterocycles. The number of likely N-dealkylation sites (tertiary alicyclic amines) is 1. The van der Waals surface area contributed by atoms with Crippen molar-refractivity contribution in [2.45, 2.75) is 16.2 Å². The first-order valence-electron chi connectivity index (χ1n) is 12.2. The van der Waals surface area contributed by atoms with E-state index in [0.717, 1.165) is 16.8 Å². The van der Waals surface area contributed by atoms with Gasteiger partial charge in [-0.25, -0.2) is 9.38 Å². The molecule has 4 aliphatic rings. The monoisotopic (exact) mass is 513 g/mol. The second-order valence-electron chi connectivity index (χ2n) is 9.86. The molecule has 0 bridgehead atoms. The van der Waals surface area contributed by atoms with Crippen LogP contribution in [0, 0.1) is 5.82 Å². The van der Waals surface area contributed by atoms with Gasteiger partial charge in [-0.05, 0) is 42.9 Å². The van der Waals surface area contributed by atoms with E-state index in [2.05, 4.69) is 5.32 Å². The van der Waals surface area contributed by atoms with Gasteiger partial charge in [0.2, 0.25) is 5.91 Å². The standard InChI is InChI=1S/C28H24FN5O2S/c1-32-15-22(18-11-13-19(29)14-12-18)28(27(32)21-9-5-6-10-23(21)31-24(27)35)25(36)34-17-33(16-30-26(34)37-28)20-7-3-2-4-8-20/h2-14,22H,15-17H2,1H3,(H,31,35). The molecule has 186 valence electrons. The molecule has 7 rings (SSSR count). The van der Waals surface area contributed by atoms with Crippen LogP contribution in [0.2, 0.25) is 0 Å². The number of thioether (sulfide) groups is 1. The summed E-state index contributed by atoms with van der Waals surface area (Å²) in [4.78, 5) is 39.4. The van der Waals surface area contributed by atoms with Gasteiger partial charge in [-0.2, -0.15) is 0 Å². The third kappa shape index (κ3) is 2.84. The van der Waals surface area contributed by atoms with Gasteiger partial charge in [0, 0.05) is 29.4 Å². The van der Waals surface area contributed by atoms with Gasteiger partial charge < -0.3 is 10.2 Å². The highest BCUT2D eigenvalue weighted by atomic mass is 32.2. The molecule has 1 N–H and O–H groups in total. The van der Waals surface area contributed by atoms with Crippen LogP contribution >= 0.6 is 11.8 Å². The van der Waals surface area contributed by atoms with Crippen LogP contribution < -0.4 is 10.2 Å². The summed E-state index contributed by atoms with van der Waals surface area (Å²) < 4.78 is 12.7. The molecule has 0 aliphatic carbocycles. The Morgan fingerprint density at radius 2 is 1.73 bits per heavy atom. The molecule has 2 amide bonds. The number of benzene rings is 3. The minimum atomic E-state index is -1.25. The molecule has 2 saturated heterocycles. The second-order valence-corrected chi connectivity index (χ2v) is 11.1. The second kappa shape index (κ2) is 7.90. The van der Waals surface area contributed by atoms with Gasteiger partial charge in [0.1, 0.15) is 23.9 Å².